The van der Waals surface area contributed by atoms with Crippen LogP contribution in [-0.2, 0) is 0 Å². The fraction of sp³-hybridized carbons (Fsp3) is 0. The van der Waals surface area contributed by atoms with E-state index in [4.69, 9.17) is 0 Å². The average Bonchev–Trinajstić information content (AvgIpc) is 3.18. The fourth-order valence-corrected chi connectivity index (χ4v) is 3.22. The first kappa shape index (κ1) is 16.3. The number of hydrogen-bond acceptors (Lipinski definition) is 4. The van der Waals surface area contributed by atoms with Gasteiger partial charge in [0.25, 0.3) is 11.9 Å². The number of carbonyl (C=O) groups excluding carboxylic acids is 1. The molecule has 0 fully saturated rings. The van der Waals surface area contributed by atoms with Gasteiger partial charge in [-0.2, -0.15) is 4.98 Å². The molecular weight excluding hydrogens is 365 g/mol. The second-order valence-corrected chi connectivity index (χ2v) is 6.17. The molecule has 0 aliphatic heterocycles. The molecule has 0 radical (unpaired) electrons. The minimum Gasteiger partial charge on any atom is -0.289 e. The Morgan fingerprint density at radius 2 is 1.77 bits per heavy atom. The van der Waals surface area contributed by atoms with Crippen LogP contribution in [0, 0.1) is 17.5 Å². The maximum atomic E-state index is 13.7. The van der Waals surface area contributed by atoms with Crippen molar-refractivity contribution in [2.75, 3.05) is 5.32 Å². The largest absolute Gasteiger partial charge is 0.289 e. The third-order valence-electron chi connectivity index (χ3n) is 3.62. The van der Waals surface area contributed by atoms with Crippen molar-refractivity contribution in [1.29, 1.82) is 0 Å². The summed E-state index contributed by atoms with van der Waals surface area (Å²) < 4.78 is 41.5. The summed E-state index contributed by atoms with van der Waals surface area (Å²) in [6.07, 6.45) is 0. The molecule has 0 atom stereocenters. The number of nitrogens with one attached hydrogen (secondary N) is 1. The number of carbonyl (C=O) groups is 1. The summed E-state index contributed by atoms with van der Waals surface area (Å²) in [7, 11) is 0. The molecule has 0 saturated heterocycles. The van der Waals surface area contributed by atoms with E-state index in [1.165, 1.54) is 28.0 Å². The van der Waals surface area contributed by atoms with Gasteiger partial charge in [-0.25, -0.2) is 17.7 Å². The molecule has 2 aromatic heterocycles. The summed E-state index contributed by atoms with van der Waals surface area (Å²) in [4.78, 5) is 16.8. The second kappa shape index (κ2) is 6.26. The van der Waals surface area contributed by atoms with Crippen LogP contribution in [0.1, 0.15) is 10.4 Å². The lowest BCUT2D eigenvalue weighted by atomic mass is 10.2. The zero-order valence-corrected chi connectivity index (χ0v) is 13.7. The molecule has 5 nitrogen and oxygen atoms in total. The molecule has 0 saturated carbocycles. The Morgan fingerprint density at radius 3 is 2.54 bits per heavy atom. The van der Waals surface area contributed by atoms with E-state index in [1.807, 2.05) is 0 Å². The standard InChI is InChI=1S/C17H9F3N4OS/c18-10-3-1-9(2-4-10)14-8-26-17-22-16(23-24(14)17)21-15(25)12-7-11(19)5-6-13(12)20/h1-8H,(H,21,23,25). The Kier molecular flexibility index (Phi) is 3.92. The van der Waals surface area contributed by atoms with Crippen LogP contribution >= 0.6 is 11.3 Å². The zero-order chi connectivity index (χ0) is 18.3. The summed E-state index contributed by atoms with van der Waals surface area (Å²) in [5, 5.41) is 8.30. The molecule has 1 N–H and O–H groups in total. The molecule has 1 amide bonds. The number of fused-ring (bicyclic) bond motifs is 1. The highest BCUT2D eigenvalue weighted by Gasteiger charge is 2.17. The van der Waals surface area contributed by atoms with E-state index in [0.29, 0.717) is 10.7 Å². The van der Waals surface area contributed by atoms with E-state index in [0.717, 1.165) is 23.8 Å². The molecule has 4 aromatic rings. The fourth-order valence-electron chi connectivity index (χ4n) is 2.39. The van der Waals surface area contributed by atoms with Gasteiger partial charge in [0.1, 0.15) is 17.5 Å². The Bertz CT molecular complexity index is 1120. The van der Waals surface area contributed by atoms with Crippen molar-refractivity contribution in [3.63, 3.8) is 0 Å². The molecule has 130 valence electrons. The highest BCUT2D eigenvalue weighted by molar-refractivity contribution is 7.15. The van der Waals surface area contributed by atoms with E-state index in [2.05, 4.69) is 15.4 Å². The molecule has 0 unspecified atom stereocenters. The Balaban J connectivity index is 1.65. The van der Waals surface area contributed by atoms with Gasteiger partial charge in [0.05, 0.1) is 11.3 Å². The first-order chi connectivity index (χ1) is 12.5. The third-order valence-corrected chi connectivity index (χ3v) is 4.44. The van der Waals surface area contributed by atoms with Crippen molar-refractivity contribution in [3.05, 3.63) is 70.9 Å². The molecule has 4 rings (SSSR count). The van der Waals surface area contributed by atoms with Crippen molar-refractivity contribution in [1.82, 2.24) is 14.6 Å². The maximum Gasteiger partial charge on any atom is 0.261 e. The van der Waals surface area contributed by atoms with Crippen LogP contribution in [0.2, 0.25) is 0 Å². The minimum atomic E-state index is -0.858. The predicted octanol–water partition coefficient (Wildman–Crippen LogP) is 4.13. The second-order valence-electron chi connectivity index (χ2n) is 5.34. The van der Waals surface area contributed by atoms with Crippen LogP contribution in [0.15, 0.2) is 47.8 Å². The van der Waals surface area contributed by atoms with Crippen LogP contribution in [0.4, 0.5) is 19.1 Å². The van der Waals surface area contributed by atoms with Gasteiger partial charge in [-0.1, -0.05) is 0 Å². The van der Waals surface area contributed by atoms with Gasteiger partial charge < -0.3 is 0 Å². The summed E-state index contributed by atoms with van der Waals surface area (Å²) in [6, 6.07) is 8.43. The van der Waals surface area contributed by atoms with Gasteiger partial charge in [0, 0.05) is 10.9 Å². The molecule has 0 bridgehead atoms. The lowest BCUT2D eigenvalue weighted by Gasteiger charge is -2.02. The van der Waals surface area contributed by atoms with Crippen LogP contribution in [0.5, 0.6) is 0 Å². The lowest BCUT2D eigenvalue weighted by molar-refractivity contribution is 0.102. The number of rotatable bonds is 3. The van der Waals surface area contributed by atoms with Gasteiger partial charge in [-0.15, -0.1) is 16.4 Å². The van der Waals surface area contributed by atoms with E-state index < -0.39 is 23.1 Å². The monoisotopic (exact) mass is 374 g/mol. The number of amides is 1. The Labute approximate surface area is 148 Å². The van der Waals surface area contributed by atoms with E-state index in [9.17, 15) is 18.0 Å². The number of thiazole rings is 1. The van der Waals surface area contributed by atoms with Crippen molar-refractivity contribution in [2.45, 2.75) is 0 Å². The molecule has 0 aliphatic carbocycles. The summed E-state index contributed by atoms with van der Waals surface area (Å²) in [5.41, 5.74) is 0.938. The normalized spacial score (nSPS) is 11.0. The average molecular weight is 374 g/mol. The quantitative estimate of drug-likeness (QED) is 0.587. The lowest BCUT2D eigenvalue weighted by Crippen LogP contribution is -2.15. The van der Waals surface area contributed by atoms with Crippen molar-refractivity contribution < 1.29 is 18.0 Å². The highest BCUT2D eigenvalue weighted by Crippen LogP contribution is 2.26. The molecule has 2 aromatic carbocycles. The number of aromatic nitrogens is 3. The first-order valence-corrected chi connectivity index (χ1v) is 8.26. The molecular formula is C17H9F3N4OS. The highest BCUT2D eigenvalue weighted by atomic mass is 32.1. The smallest absolute Gasteiger partial charge is 0.261 e. The van der Waals surface area contributed by atoms with E-state index >= 15 is 0 Å². The number of halogens is 3. The molecule has 9 heteroatoms. The summed E-state index contributed by atoms with van der Waals surface area (Å²) >= 11 is 1.27. The van der Waals surface area contributed by atoms with Crippen molar-refractivity contribution in [3.8, 4) is 11.3 Å². The number of anilines is 1. The van der Waals surface area contributed by atoms with Gasteiger partial charge >= 0.3 is 0 Å². The molecule has 2 heterocycles. The van der Waals surface area contributed by atoms with Gasteiger partial charge in [-0.05, 0) is 42.5 Å². The van der Waals surface area contributed by atoms with E-state index in [1.54, 1.807) is 17.5 Å². The van der Waals surface area contributed by atoms with Gasteiger partial charge in [0.2, 0.25) is 4.96 Å². The zero-order valence-electron chi connectivity index (χ0n) is 12.9. The number of hydrogen-bond donors (Lipinski definition) is 1. The van der Waals surface area contributed by atoms with Crippen LogP contribution in [-0.4, -0.2) is 20.5 Å². The van der Waals surface area contributed by atoms with Gasteiger partial charge in [-0.3, -0.25) is 10.1 Å². The van der Waals surface area contributed by atoms with Gasteiger partial charge in [0.15, 0.2) is 0 Å². The van der Waals surface area contributed by atoms with Crippen LogP contribution < -0.4 is 5.32 Å². The third kappa shape index (κ3) is 2.93. The van der Waals surface area contributed by atoms with Crippen LogP contribution in [0.25, 0.3) is 16.2 Å². The molecule has 26 heavy (non-hydrogen) atoms. The number of benzene rings is 2. The van der Waals surface area contributed by atoms with Crippen LogP contribution in [0.3, 0.4) is 0 Å². The van der Waals surface area contributed by atoms with E-state index in [-0.39, 0.29) is 11.8 Å². The predicted molar refractivity (Wildman–Crippen MR) is 90.6 cm³/mol. The molecule has 0 aliphatic rings. The molecule has 0 spiro atoms. The minimum absolute atomic E-state index is 0.0473. The summed E-state index contributed by atoms with van der Waals surface area (Å²) in [5.74, 6) is -2.84. The van der Waals surface area contributed by atoms with Crippen molar-refractivity contribution in [2.24, 2.45) is 0 Å². The Morgan fingerprint density at radius 1 is 1.04 bits per heavy atom. The van der Waals surface area contributed by atoms with Crippen molar-refractivity contribution >= 4 is 28.2 Å². The first-order valence-electron chi connectivity index (χ1n) is 7.38. The number of nitrogens with zero attached hydrogens (tertiary/aromatic N) is 3. The Hall–Kier alpha value is -3.20. The topological polar surface area (TPSA) is 59.3 Å². The SMILES string of the molecule is O=C(Nc1nc2scc(-c3ccc(F)cc3)n2n1)c1cc(F)ccc1F. The summed E-state index contributed by atoms with van der Waals surface area (Å²) in [6.45, 7) is 0. The maximum absolute atomic E-state index is 13.7.